The third-order valence-corrected chi connectivity index (χ3v) is 7.24. The lowest BCUT2D eigenvalue weighted by Crippen LogP contribution is -2.61. The van der Waals surface area contributed by atoms with Crippen LogP contribution in [0.15, 0.2) is 48.5 Å². The summed E-state index contributed by atoms with van der Waals surface area (Å²) in [5.74, 6) is -0.167. The van der Waals surface area contributed by atoms with Gasteiger partial charge in [0, 0.05) is 34.7 Å². The topological polar surface area (TPSA) is 77.2 Å². The number of benzene rings is 2. The average molecular weight is 415 g/mol. The largest absolute Gasteiger partial charge is 0.355 e. The third kappa shape index (κ3) is 2.57. The van der Waals surface area contributed by atoms with E-state index in [1.807, 2.05) is 42.5 Å². The molecular weight excluding hydrogens is 388 g/mol. The summed E-state index contributed by atoms with van der Waals surface area (Å²) in [5, 5.41) is 7.43. The van der Waals surface area contributed by atoms with Gasteiger partial charge in [0.05, 0.1) is 5.69 Å². The van der Waals surface area contributed by atoms with E-state index >= 15 is 0 Å². The second-order valence-electron chi connectivity index (χ2n) is 8.92. The van der Waals surface area contributed by atoms with E-state index in [1.165, 1.54) is 6.42 Å². The Hall–Kier alpha value is -3.28. The molecule has 1 fully saturated rings. The summed E-state index contributed by atoms with van der Waals surface area (Å²) < 4.78 is 0. The van der Waals surface area contributed by atoms with Crippen molar-refractivity contribution in [3.63, 3.8) is 0 Å². The zero-order valence-electron chi connectivity index (χ0n) is 17.4. The molecule has 31 heavy (non-hydrogen) atoms. The van der Waals surface area contributed by atoms with Crippen molar-refractivity contribution >= 4 is 28.5 Å². The van der Waals surface area contributed by atoms with Gasteiger partial charge in [-0.15, -0.1) is 0 Å². The highest BCUT2D eigenvalue weighted by atomic mass is 16.2. The number of fused-ring (bicyclic) bond motifs is 6. The van der Waals surface area contributed by atoms with Gasteiger partial charge in [0.15, 0.2) is 5.54 Å². The molecule has 3 aromatic rings. The van der Waals surface area contributed by atoms with Crippen molar-refractivity contribution in [1.29, 1.82) is 0 Å². The van der Waals surface area contributed by atoms with Crippen molar-refractivity contribution < 1.29 is 9.59 Å². The van der Waals surface area contributed by atoms with Crippen LogP contribution >= 0.6 is 0 Å². The van der Waals surface area contributed by atoms with Crippen LogP contribution in [0, 0.1) is 0 Å². The molecule has 6 nitrogen and oxygen atoms in total. The first-order valence-corrected chi connectivity index (χ1v) is 11.3. The first kappa shape index (κ1) is 18.5. The molecule has 2 aromatic carbocycles. The molecule has 3 N–H and O–H groups in total. The first-order chi connectivity index (χ1) is 15.2. The molecule has 3 heterocycles. The van der Waals surface area contributed by atoms with Gasteiger partial charge in [0.25, 0.3) is 5.91 Å². The maximum absolute atomic E-state index is 13.7. The third-order valence-electron chi connectivity index (χ3n) is 7.24. The number of aromatic nitrogens is 1. The van der Waals surface area contributed by atoms with Crippen LogP contribution in [0.2, 0.25) is 0 Å². The summed E-state index contributed by atoms with van der Waals surface area (Å²) in [7, 11) is 0. The van der Waals surface area contributed by atoms with Crippen molar-refractivity contribution in [1.82, 2.24) is 15.2 Å². The van der Waals surface area contributed by atoms with Gasteiger partial charge in [-0.1, -0.05) is 55.7 Å². The average Bonchev–Trinajstić information content (AvgIpc) is 3.31. The van der Waals surface area contributed by atoms with Gasteiger partial charge < -0.3 is 20.5 Å². The Bertz CT molecular complexity index is 1190. The van der Waals surface area contributed by atoms with Gasteiger partial charge >= 0.3 is 6.03 Å². The van der Waals surface area contributed by atoms with Crippen molar-refractivity contribution in [2.45, 2.75) is 50.1 Å². The van der Waals surface area contributed by atoms with Gasteiger partial charge in [0.1, 0.15) is 0 Å². The molecule has 1 atom stereocenters. The standard InChI is InChI=1S/C25H26N4O2/c30-23-25(19-11-5-7-13-21(19)28-23)22-18(17-10-4-6-12-20(17)27-22)14-15-29(25)24(31)26-16-8-2-1-3-9-16/h4-7,10-13,16,27H,1-3,8-9,14-15H2,(H,26,31)(H,28,30). The maximum Gasteiger partial charge on any atom is 0.319 e. The van der Waals surface area contributed by atoms with Gasteiger partial charge in [0.2, 0.25) is 0 Å². The van der Waals surface area contributed by atoms with E-state index in [2.05, 4.69) is 21.7 Å². The van der Waals surface area contributed by atoms with Crippen molar-refractivity contribution in [2.75, 3.05) is 11.9 Å². The van der Waals surface area contributed by atoms with E-state index in [0.29, 0.717) is 13.0 Å². The molecule has 3 amide bonds. The number of anilines is 1. The zero-order valence-corrected chi connectivity index (χ0v) is 17.4. The molecule has 1 spiro atoms. The van der Waals surface area contributed by atoms with Crippen LogP contribution in [0.5, 0.6) is 0 Å². The number of H-pyrrole nitrogens is 1. The molecule has 0 radical (unpaired) electrons. The first-order valence-electron chi connectivity index (χ1n) is 11.3. The Morgan fingerprint density at radius 1 is 1.03 bits per heavy atom. The van der Waals surface area contributed by atoms with Crippen LogP contribution in [0.4, 0.5) is 10.5 Å². The maximum atomic E-state index is 13.7. The molecule has 1 saturated carbocycles. The second kappa shape index (κ2) is 6.87. The Labute approximate surface area is 181 Å². The minimum Gasteiger partial charge on any atom is -0.355 e. The van der Waals surface area contributed by atoms with Crippen LogP contribution in [0.25, 0.3) is 10.9 Å². The molecule has 6 heteroatoms. The smallest absolute Gasteiger partial charge is 0.319 e. The molecule has 0 bridgehead atoms. The fraction of sp³-hybridized carbons (Fsp3) is 0.360. The number of hydrogen-bond acceptors (Lipinski definition) is 2. The van der Waals surface area contributed by atoms with E-state index in [-0.39, 0.29) is 18.0 Å². The van der Waals surface area contributed by atoms with E-state index in [0.717, 1.165) is 59.1 Å². The highest BCUT2D eigenvalue weighted by molar-refractivity contribution is 6.11. The lowest BCUT2D eigenvalue weighted by Gasteiger charge is -2.43. The Kier molecular flexibility index (Phi) is 4.10. The number of para-hydroxylation sites is 2. The highest BCUT2D eigenvalue weighted by Gasteiger charge is 2.58. The molecule has 1 aliphatic carbocycles. The van der Waals surface area contributed by atoms with Crippen LogP contribution < -0.4 is 10.6 Å². The number of nitrogens with one attached hydrogen (secondary N) is 3. The van der Waals surface area contributed by atoms with Gasteiger partial charge in [-0.3, -0.25) is 4.79 Å². The molecular formula is C25H26N4O2. The molecule has 1 unspecified atom stereocenters. The van der Waals surface area contributed by atoms with Crippen molar-refractivity contribution in [3.05, 3.63) is 65.4 Å². The molecule has 2 aliphatic heterocycles. The quantitative estimate of drug-likeness (QED) is 0.556. The lowest BCUT2D eigenvalue weighted by atomic mass is 9.80. The van der Waals surface area contributed by atoms with Gasteiger partial charge in [-0.25, -0.2) is 4.79 Å². The summed E-state index contributed by atoms with van der Waals surface area (Å²) in [4.78, 5) is 32.6. The second-order valence-corrected chi connectivity index (χ2v) is 8.92. The van der Waals surface area contributed by atoms with Crippen molar-refractivity contribution in [3.8, 4) is 0 Å². The summed E-state index contributed by atoms with van der Waals surface area (Å²) in [6.45, 7) is 0.495. The number of aromatic amines is 1. The number of hydrogen-bond donors (Lipinski definition) is 3. The van der Waals surface area contributed by atoms with Crippen LogP contribution in [0.1, 0.15) is 48.9 Å². The van der Waals surface area contributed by atoms with E-state index < -0.39 is 5.54 Å². The fourth-order valence-electron chi connectivity index (χ4n) is 5.81. The van der Waals surface area contributed by atoms with Crippen molar-refractivity contribution in [2.24, 2.45) is 0 Å². The Morgan fingerprint density at radius 3 is 2.68 bits per heavy atom. The summed E-state index contributed by atoms with van der Waals surface area (Å²) in [5.41, 5.74) is 3.38. The van der Waals surface area contributed by atoms with E-state index in [9.17, 15) is 9.59 Å². The number of urea groups is 1. The van der Waals surface area contributed by atoms with E-state index in [4.69, 9.17) is 0 Å². The lowest BCUT2D eigenvalue weighted by molar-refractivity contribution is -0.124. The molecule has 3 aliphatic rings. The minimum atomic E-state index is -1.18. The normalized spacial score (nSPS) is 23.0. The number of carbonyl (C=O) groups is 2. The SMILES string of the molecule is O=C(NC1CCCCC1)N1CCc2c([nH]c3ccccc23)C12C(=O)Nc1ccccc12. The molecule has 6 rings (SSSR count). The predicted octanol–water partition coefficient (Wildman–Crippen LogP) is 4.26. The highest BCUT2D eigenvalue weighted by Crippen LogP contribution is 2.49. The zero-order chi connectivity index (χ0) is 21.0. The van der Waals surface area contributed by atoms with Gasteiger partial charge in [-0.2, -0.15) is 0 Å². The summed E-state index contributed by atoms with van der Waals surface area (Å²) in [6.07, 6.45) is 6.25. The van der Waals surface area contributed by atoms with Crippen LogP contribution in [0.3, 0.4) is 0 Å². The number of amides is 3. The monoisotopic (exact) mass is 414 g/mol. The van der Waals surface area contributed by atoms with Crippen LogP contribution in [-0.2, 0) is 16.8 Å². The molecule has 0 saturated heterocycles. The van der Waals surface area contributed by atoms with E-state index in [1.54, 1.807) is 4.90 Å². The summed E-state index contributed by atoms with van der Waals surface area (Å²) in [6, 6.07) is 15.9. The minimum absolute atomic E-state index is 0.150. The fourth-order valence-corrected chi connectivity index (χ4v) is 5.81. The number of nitrogens with zero attached hydrogens (tertiary/aromatic N) is 1. The summed E-state index contributed by atoms with van der Waals surface area (Å²) >= 11 is 0. The van der Waals surface area contributed by atoms with Crippen LogP contribution in [-0.4, -0.2) is 34.4 Å². The number of rotatable bonds is 1. The predicted molar refractivity (Wildman–Crippen MR) is 120 cm³/mol. The molecule has 158 valence electrons. The number of carbonyl (C=O) groups excluding carboxylic acids is 2. The Morgan fingerprint density at radius 2 is 1.81 bits per heavy atom. The Balaban J connectivity index is 1.52. The molecule has 1 aromatic heterocycles. The van der Waals surface area contributed by atoms with Gasteiger partial charge in [-0.05, 0) is 37.0 Å².